The standard InChI is InChI=1S/C19H16ClF4N3O2S/c1-8-6-13-26(9(2)7-10(17(21)22)27(13)25-8)18(28)16-15(20)14-11(29-19(23)24)4-3-5-12(14)30-16/h3-6,9-10,17,19H,7H2,1-2H3/t9-,10+/m1/s1. The summed E-state index contributed by atoms with van der Waals surface area (Å²) in [6.07, 6.45) is -2.62. The van der Waals surface area contributed by atoms with E-state index in [9.17, 15) is 22.4 Å². The number of ether oxygens (including phenoxy) is 1. The lowest BCUT2D eigenvalue weighted by Gasteiger charge is -2.37. The van der Waals surface area contributed by atoms with E-state index >= 15 is 0 Å². The summed E-state index contributed by atoms with van der Waals surface area (Å²) in [5.41, 5.74) is 0.498. The van der Waals surface area contributed by atoms with Crippen molar-refractivity contribution in [2.45, 2.75) is 45.4 Å². The normalized spacial score (nSPS) is 19.0. The first-order chi connectivity index (χ1) is 14.2. The summed E-state index contributed by atoms with van der Waals surface area (Å²) in [7, 11) is 0. The van der Waals surface area contributed by atoms with Crippen LogP contribution in [0, 0.1) is 6.92 Å². The van der Waals surface area contributed by atoms with Gasteiger partial charge in [-0.25, -0.2) is 13.5 Å². The molecule has 0 saturated heterocycles. The minimum absolute atomic E-state index is 0.0118. The van der Waals surface area contributed by atoms with E-state index in [1.165, 1.54) is 21.7 Å². The van der Waals surface area contributed by atoms with E-state index in [1.807, 2.05) is 0 Å². The largest absolute Gasteiger partial charge is 0.434 e. The van der Waals surface area contributed by atoms with Crippen LogP contribution in [0.15, 0.2) is 24.3 Å². The number of hydrogen-bond acceptors (Lipinski definition) is 4. The molecule has 0 bridgehead atoms. The lowest BCUT2D eigenvalue weighted by molar-refractivity contribution is -0.0487. The van der Waals surface area contributed by atoms with Crippen LogP contribution in [0.5, 0.6) is 5.75 Å². The van der Waals surface area contributed by atoms with Crippen molar-refractivity contribution in [2.75, 3.05) is 4.90 Å². The van der Waals surface area contributed by atoms with Gasteiger partial charge < -0.3 is 4.74 Å². The Morgan fingerprint density at radius 2 is 2.07 bits per heavy atom. The summed E-state index contributed by atoms with van der Waals surface area (Å²) < 4.78 is 58.8. The van der Waals surface area contributed by atoms with E-state index in [0.29, 0.717) is 10.4 Å². The Morgan fingerprint density at radius 3 is 2.73 bits per heavy atom. The molecule has 11 heteroatoms. The first kappa shape index (κ1) is 20.9. The fourth-order valence-corrected chi connectivity index (χ4v) is 5.24. The number of thiophene rings is 1. The molecule has 0 unspecified atom stereocenters. The number of nitrogens with zero attached hydrogens (tertiary/aromatic N) is 3. The Labute approximate surface area is 177 Å². The molecule has 1 aliphatic rings. The van der Waals surface area contributed by atoms with Crippen molar-refractivity contribution in [3.63, 3.8) is 0 Å². The van der Waals surface area contributed by atoms with Gasteiger partial charge in [-0.05, 0) is 32.4 Å². The van der Waals surface area contributed by atoms with Crippen LogP contribution >= 0.6 is 22.9 Å². The van der Waals surface area contributed by atoms with E-state index in [-0.39, 0.29) is 33.3 Å². The topological polar surface area (TPSA) is 47.4 Å². The third-order valence-corrected chi connectivity index (χ3v) is 6.59. The van der Waals surface area contributed by atoms with Gasteiger partial charge in [-0.1, -0.05) is 17.7 Å². The highest BCUT2D eigenvalue weighted by molar-refractivity contribution is 7.21. The van der Waals surface area contributed by atoms with Gasteiger partial charge in [0, 0.05) is 16.8 Å². The average Bonchev–Trinajstić information content (AvgIpc) is 3.20. The summed E-state index contributed by atoms with van der Waals surface area (Å²) in [4.78, 5) is 14.9. The summed E-state index contributed by atoms with van der Waals surface area (Å²) >= 11 is 7.45. The number of carbonyl (C=O) groups is 1. The highest BCUT2D eigenvalue weighted by Crippen LogP contribution is 2.44. The fourth-order valence-electron chi connectivity index (χ4n) is 3.74. The molecule has 0 saturated carbocycles. The van der Waals surface area contributed by atoms with E-state index in [0.717, 1.165) is 11.3 Å². The van der Waals surface area contributed by atoms with Gasteiger partial charge in [0.25, 0.3) is 12.3 Å². The molecule has 5 nitrogen and oxygen atoms in total. The molecule has 1 amide bonds. The molecular weight excluding hydrogens is 446 g/mol. The summed E-state index contributed by atoms with van der Waals surface area (Å²) in [5.74, 6) is -0.391. The van der Waals surface area contributed by atoms with Gasteiger partial charge in [0.1, 0.15) is 22.5 Å². The first-order valence-corrected chi connectivity index (χ1v) is 10.2. The van der Waals surface area contributed by atoms with Crippen LogP contribution in [0.4, 0.5) is 23.4 Å². The van der Waals surface area contributed by atoms with Crippen molar-refractivity contribution in [2.24, 2.45) is 0 Å². The molecule has 1 aliphatic heterocycles. The molecular formula is C19H16ClF4N3O2S. The Balaban J connectivity index is 1.80. The zero-order chi connectivity index (χ0) is 21.7. The zero-order valence-corrected chi connectivity index (χ0v) is 17.4. The number of aryl methyl sites for hydroxylation is 1. The Morgan fingerprint density at radius 1 is 1.33 bits per heavy atom. The maximum atomic E-state index is 13.5. The van der Waals surface area contributed by atoms with Crippen LogP contribution < -0.4 is 9.64 Å². The Kier molecular flexibility index (Phi) is 5.39. The molecule has 1 aromatic carbocycles. The van der Waals surface area contributed by atoms with Crippen LogP contribution in [0.3, 0.4) is 0 Å². The average molecular weight is 462 g/mol. The number of hydrogen-bond donors (Lipinski definition) is 0. The van der Waals surface area contributed by atoms with E-state index < -0.39 is 31.0 Å². The van der Waals surface area contributed by atoms with Crippen LogP contribution in [-0.2, 0) is 0 Å². The second-order valence-corrected chi connectivity index (χ2v) is 8.43. The van der Waals surface area contributed by atoms with Crippen molar-refractivity contribution in [1.82, 2.24) is 9.78 Å². The van der Waals surface area contributed by atoms with Gasteiger partial charge >= 0.3 is 6.61 Å². The molecule has 0 aliphatic carbocycles. The quantitative estimate of drug-likeness (QED) is 0.454. The second kappa shape index (κ2) is 7.73. The van der Waals surface area contributed by atoms with Gasteiger partial charge in [0.2, 0.25) is 0 Å². The molecule has 0 N–H and O–H groups in total. The monoisotopic (exact) mass is 461 g/mol. The molecule has 3 heterocycles. The minimum atomic E-state index is -3.04. The molecule has 0 fully saturated rings. The van der Waals surface area contributed by atoms with Crippen LogP contribution in [0.1, 0.15) is 34.8 Å². The fraction of sp³-hybridized carbons (Fsp3) is 0.368. The maximum Gasteiger partial charge on any atom is 0.387 e. The van der Waals surface area contributed by atoms with E-state index in [1.54, 1.807) is 26.0 Å². The SMILES string of the molecule is Cc1cc2n(n1)[C@H](C(F)F)C[C@@H](C)N2C(=O)c1sc2cccc(OC(F)F)c2c1Cl. The predicted octanol–water partition coefficient (Wildman–Crippen LogP) is 5.91. The molecule has 0 spiro atoms. The van der Waals surface area contributed by atoms with E-state index in [2.05, 4.69) is 9.84 Å². The lowest BCUT2D eigenvalue weighted by Crippen LogP contribution is -2.46. The molecule has 0 radical (unpaired) electrons. The number of halogens is 5. The Hall–Kier alpha value is -2.33. The second-order valence-electron chi connectivity index (χ2n) is 7.00. The van der Waals surface area contributed by atoms with Crippen molar-refractivity contribution in [3.05, 3.63) is 39.9 Å². The highest BCUT2D eigenvalue weighted by atomic mass is 35.5. The molecule has 3 aromatic rings. The predicted molar refractivity (Wildman–Crippen MR) is 106 cm³/mol. The molecule has 2 aromatic heterocycles. The van der Waals surface area contributed by atoms with Crippen molar-refractivity contribution >= 4 is 44.7 Å². The van der Waals surface area contributed by atoms with Gasteiger partial charge in [-0.2, -0.15) is 13.9 Å². The van der Waals surface area contributed by atoms with Crippen LogP contribution in [0.25, 0.3) is 10.1 Å². The lowest BCUT2D eigenvalue weighted by atomic mass is 10.0. The first-order valence-electron chi connectivity index (χ1n) is 9.02. The summed E-state index contributed by atoms with van der Waals surface area (Å²) in [5, 5.41) is 4.34. The number of carbonyl (C=O) groups excluding carboxylic acids is 1. The van der Waals surface area contributed by atoms with Gasteiger partial charge in [0.15, 0.2) is 0 Å². The zero-order valence-electron chi connectivity index (χ0n) is 15.8. The van der Waals surface area contributed by atoms with Gasteiger partial charge in [-0.3, -0.25) is 9.69 Å². The van der Waals surface area contributed by atoms with E-state index in [4.69, 9.17) is 11.6 Å². The van der Waals surface area contributed by atoms with Crippen molar-refractivity contribution in [1.29, 1.82) is 0 Å². The number of fused-ring (bicyclic) bond motifs is 2. The molecule has 4 rings (SSSR count). The van der Waals surface area contributed by atoms with Gasteiger partial charge in [0.05, 0.1) is 16.1 Å². The number of amides is 1. The number of benzene rings is 1. The highest BCUT2D eigenvalue weighted by Gasteiger charge is 2.40. The minimum Gasteiger partial charge on any atom is -0.434 e. The Bertz CT molecular complexity index is 1120. The third-order valence-electron chi connectivity index (χ3n) is 4.96. The van der Waals surface area contributed by atoms with Gasteiger partial charge in [-0.15, -0.1) is 11.3 Å². The summed E-state index contributed by atoms with van der Waals surface area (Å²) in [6.45, 7) is 0.282. The number of rotatable bonds is 4. The number of alkyl halides is 4. The van der Waals surface area contributed by atoms with Crippen molar-refractivity contribution in [3.8, 4) is 5.75 Å². The van der Waals surface area contributed by atoms with Crippen molar-refractivity contribution < 1.29 is 27.1 Å². The number of anilines is 1. The smallest absolute Gasteiger partial charge is 0.387 e. The third kappa shape index (κ3) is 3.41. The molecule has 160 valence electrons. The number of aromatic nitrogens is 2. The maximum absolute atomic E-state index is 13.5. The molecule has 2 atom stereocenters. The van der Waals surface area contributed by atoms with Crippen LogP contribution in [-0.4, -0.2) is 34.8 Å². The van der Waals surface area contributed by atoms with Crippen LogP contribution in [0.2, 0.25) is 5.02 Å². The molecule has 30 heavy (non-hydrogen) atoms. The summed E-state index contributed by atoms with van der Waals surface area (Å²) in [6, 6.07) is 4.39.